The molecule has 20 heavy (non-hydrogen) atoms. The monoisotopic (exact) mass is 295 g/mol. The maximum Gasteiger partial charge on any atom is 0.119 e. The van der Waals surface area contributed by atoms with E-state index in [1.807, 2.05) is 23.9 Å². The highest BCUT2D eigenvalue weighted by molar-refractivity contribution is 7.99. The minimum absolute atomic E-state index is 0.0848. The summed E-state index contributed by atoms with van der Waals surface area (Å²) in [6, 6.07) is 8.25. The maximum atomic E-state index is 6.23. The Hall–Kier alpha value is -0.710. The minimum Gasteiger partial charge on any atom is -0.494 e. The third-order valence-corrected chi connectivity index (χ3v) is 4.61. The van der Waals surface area contributed by atoms with E-state index in [1.54, 1.807) is 0 Å². The Labute approximate surface area is 126 Å². The molecule has 1 aliphatic heterocycles. The zero-order chi connectivity index (χ0) is 14.2. The zero-order valence-electron chi connectivity index (χ0n) is 12.2. The van der Waals surface area contributed by atoms with Gasteiger partial charge in [-0.25, -0.2) is 0 Å². The van der Waals surface area contributed by atoms with Crippen molar-refractivity contribution in [2.45, 2.75) is 38.3 Å². The lowest BCUT2D eigenvalue weighted by molar-refractivity contribution is 0.129. The van der Waals surface area contributed by atoms with Gasteiger partial charge in [-0.1, -0.05) is 19.1 Å². The van der Waals surface area contributed by atoms with E-state index in [9.17, 15) is 0 Å². The summed E-state index contributed by atoms with van der Waals surface area (Å²) >= 11 is 1.89. The molecule has 1 aromatic rings. The molecular formula is C16H25NO2S. The summed E-state index contributed by atoms with van der Waals surface area (Å²) in [5.41, 5.74) is 7.40. The molecule has 1 aromatic carbocycles. The Morgan fingerprint density at radius 2 is 2.20 bits per heavy atom. The molecule has 0 spiro atoms. The van der Waals surface area contributed by atoms with Crippen molar-refractivity contribution in [2.24, 2.45) is 5.73 Å². The van der Waals surface area contributed by atoms with Gasteiger partial charge in [-0.3, -0.25) is 0 Å². The van der Waals surface area contributed by atoms with Gasteiger partial charge in [-0.15, -0.1) is 0 Å². The second-order valence-corrected chi connectivity index (χ2v) is 6.27. The van der Waals surface area contributed by atoms with Crippen LogP contribution in [0.15, 0.2) is 24.3 Å². The van der Waals surface area contributed by atoms with Crippen molar-refractivity contribution >= 4 is 11.8 Å². The number of rotatable bonds is 8. The van der Waals surface area contributed by atoms with Gasteiger partial charge in [0.1, 0.15) is 5.75 Å². The molecule has 2 unspecified atom stereocenters. The van der Waals surface area contributed by atoms with E-state index in [1.165, 1.54) is 18.4 Å². The Kier molecular flexibility index (Phi) is 6.70. The molecule has 4 heteroatoms. The van der Waals surface area contributed by atoms with Crippen LogP contribution in [-0.4, -0.2) is 30.8 Å². The number of hydrogen-bond donors (Lipinski definition) is 1. The highest BCUT2D eigenvalue weighted by Crippen LogP contribution is 2.22. The Bertz CT molecular complexity index is 377. The molecule has 1 aliphatic rings. The van der Waals surface area contributed by atoms with Crippen molar-refractivity contribution in [1.29, 1.82) is 0 Å². The summed E-state index contributed by atoms with van der Waals surface area (Å²) in [6.45, 7) is 3.80. The molecule has 0 amide bonds. The lowest BCUT2D eigenvalue weighted by Gasteiger charge is -2.14. The van der Waals surface area contributed by atoms with Crippen molar-refractivity contribution < 1.29 is 9.47 Å². The predicted octanol–water partition coefficient (Wildman–Crippen LogP) is 3.39. The summed E-state index contributed by atoms with van der Waals surface area (Å²) < 4.78 is 11.2. The lowest BCUT2D eigenvalue weighted by Crippen LogP contribution is -2.15. The normalized spacial score (nSPS) is 20.0. The Morgan fingerprint density at radius 3 is 2.85 bits per heavy atom. The summed E-state index contributed by atoms with van der Waals surface area (Å²) in [5, 5.41) is 0. The fraction of sp³-hybridized carbons (Fsp3) is 0.625. The van der Waals surface area contributed by atoms with Crippen LogP contribution in [0.2, 0.25) is 0 Å². The summed E-state index contributed by atoms with van der Waals surface area (Å²) in [7, 11) is 0. The molecule has 112 valence electrons. The number of hydrogen-bond acceptors (Lipinski definition) is 4. The van der Waals surface area contributed by atoms with Gasteiger partial charge in [-0.2, -0.15) is 11.8 Å². The molecule has 1 heterocycles. The SMILES string of the molecule is CCCOc1ccc(C(N)CSCC2CCCO2)cc1. The highest BCUT2D eigenvalue weighted by atomic mass is 32.2. The van der Waals surface area contributed by atoms with Crippen molar-refractivity contribution in [3.63, 3.8) is 0 Å². The van der Waals surface area contributed by atoms with Crippen LogP contribution in [0.4, 0.5) is 0 Å². The molecule has 0 saturated carbocycles. The van der Waals surface area contributed by atoms with Crippen LogP contribution in [-0.2, 0) is 4.74 Å². The van der Waals surface area contributed by atoms with Crippen molar-refractivity contribution in [3.8, 4) is 5.75 Å². The molecule has 2 rings (SSSR count). The van der Waals surface area contributed by atoms with E-state index in [0.717, 1.165) is 36.9 Å². The number of nitrogens with two attached hydrogens (primary N) is 1. The van der Waals surface area contributed by atoms with Gasteiger partial charge in [0, 0.05) is 24.2 Å². The smallest absolute Gasteiger partial charge is 0.119 e. The van der Waals surface area contributed by atoms with Gasteiger partial charge < -0.3 is 15.2 Å². The van der Waals surface area contributed by atoms with Gasteiger partial charge in [0.15, 0.2) is 0 Å². The van der Waals surface area contributed by atoms with Crippen LogP contribution in [0, 0.1) is 0 Å². The standard InChI is InChI=1S/C16H25NO2S/c1-2-9-18-14-7-5-13(6-8-14)16(17)12-20-11-15-4-3-10-19-15/h5-8,15-16H,2-4,9-12,17H2,1H3. The van der Waals surface area contributed by atoms with Gasteiger partial charge in [0.2, 0.25) is 0 Å². The van der Waals surface area contributed by atoms with Gasteiger partial charge >= 0.3 is 0 Å². The molecule has 0 radical (unpaired) electrons. The lowest BCUT2D eigenvalue weighted by atomic mass is 10.1. The van der Waals surface area contributed by atoms with Crippen LogP contribution < -0.4 is 10.5 Å². The Balaban J connectivity index is 1.72. The first-order chi connectivity index (χ1) is 9.79. The van der Waals surface area contributed by atoms with Crippen LogP contribution >= 0.6 is 11.8 Å². The van der Waals surface area contributed by atoms with Gasteiger partial charge in [0.25, 0.3) is 0 Å². The topological polar surface area (TPSA) is 44.5 Å². The van der Waals surface area contributed by atoms with Crippen molar-refractivity contribution in [3.05, 3.63) is 29.8 Å². The second-order valence-electron chi connectivity index (χ2n) is 5.20. The average Bonchev–Trinajstić information content (AvgIpc) is 2.99. The van der Waals surface area contributed by atoms with E-state index in [-0.39, 0.29) is 6.04 Å². The first-order valence-electron chi connectivity index (χ1n) is 7.47. The number of ether oxygens (including phenoxy) is 2. The van der Waals surface area contributed by atoms with Crippen molar-refractivity contribution in [1.82, 2.24) is 0 Å². The van der Waals surface area contributed by atoms with Gasteiger partial charge in [-0.05, 0) is 37.0 Å². The van der Waals surface area contributed by atoms with E-state index < -0.39 is 0 Å². The number of benzene rings is 1. The molecule has 0 bridgehead atoms. The van der Waals surface area contributed by atoms with E-state index in [2.05, 4.69) is 19.1 Å². The molecule has 2 atom stereocenters. The van der Waals surface area contributed by atoms with E-state index >= 15 is 0 Å². The maximum absolute atomic E-state index is 6.23. The van der Waals surface area contributed by atoms with Crippen molar-refractivity contribution in [2.75, 3.05) is 24.7 Å². The average molecular weight is 295 g/mol. The number of thioether (sulfide) groups is 1. The van der Waals surface area contributed by atoms with Crippen LogP contribution in [0.1, 0.15) is 37.8 Å². The third kappa shape index (κ3) is 5.00. The fourth-order valence-corrected chi connectivity index (χ4v) is 3.34. The second kappa shape index (κ2) is 8.55. The quantitative estimate of drug-likeness (QED) is 0.798. The van der Waals surface area contributed by atoms with Crippen LogP contribution in [0.3, 0.4) is 0 Å². The molecule has 1 fully saturated rings. The van der Waals surface area contributed by atoms with E-state index in [0.29, 0.717) is 6.10 Å². The largest absolute Gasteiger partial charge is 0.494 e. The third-order valence-electron chi connectivity index (χ3n) is 3.41. The Morgan fingerprint density at radius 1 is 1.40 bits per heavy atom. The van der Waals surface area contributed by atoms with Gasteiger partial charge in [0.05, 0.1) is 12.7 Å². The first-order valence-corrected chi connectivity index (χ1v) is 8.62. The molecule has 1 saturated heterocycles. The summed E-state index contributed by atoms with van der Waals surface area (Å²) in [6.07, 6.45) is 3.88. The molecule has 2 N–H and O–H groups in total. The molecule has 3 nitrogen and oxygen atoms in total. The molecular weight excluding hydrogens is 270 g/mol. The molecule has 0 aromatic heterocycles. The first kappa shape index (κ1) is 15.7. The summed E-state index contributed by atoms with van der Waals surface area (Å²) in [5.74, 6) is 2.93. The molecule has 0 aliphatic carbocycles. The van der Waals surface area contributed by atoms with Crippen LogP contribution in [0.5, 0.6) is 5.75 Å². The highest BCUT2D eigenvalue weighted by Gasteiger charge is 2.16. The zero-order valence-corrected chi connectivity index (χ0v) is 13.0. The summed E-state index contributed by atoms with van der Waals surface area (Å²) in [4.78, 5) is 0. The fourth-order valence-electron chi connectivity index (χ4n) is 2.23. The predicted molar refractivity (Wildman–Crippen MR) is 85.5 cm³/mol. The minimum atomic E-state index is 0.0848. The van der Waals surface area contributed by atoms with E-state index in [4.69, 9.17) is 15.2 Å². The van der Waals surface area contributed by atoms with Crippen LogP contribution in [0.25, 0.3) is 0 Å².